The van der Waals surface area contributed by atoms with Gasteiger partial charge >= 0.3 is 5.97 Å². The molecule has 0 aromatic carbocycles. The summed E-state index contributed by atoms with van der Waals surface area (Å²) in [5.74, 6) is -0.955. The number of pyridine rings is 1. The number of carboxylic acid groups (broad SMARTS) is 1. The fraction of sp³-hybridized carbons (Fsp3) is 0.286. The average molecular weight is 286 g/mol. The van der Waals surface area contributed by atoms with Gasteiger partial charge in [0.25, 0.3) is 5.91 Å². The van der Waals surface area contributed by atoms with Crippen molar-refractivity contribution < 1.29 is 14.7 Å². The Bertz CT molecular complexity index is 665. The van der Waals surface area contributed by atoms with E-state index in [1.165, 1.54) is 4.68 Å². The van der Waals surface area contributed by atoms with E-state index < -0.39 is 17.9 Å². The van der Waals surface area contributed by atoms with E-state index in [-0.39, 0.29) is 11.6 Å². The zero-order valence-electron chi connectivity index (χ0n) is 11.1. The summed E-state index contributed by atoms with van der Waals surface area (Å²) >= 11 is 0. The number of hydrogen-bond acceptors (Lipinski definition) is 4. The Morgan fingerprint density at radius 1 is 1.33 bits per heavy atom. The van der Waals surface area contributed by atoms with Crippen LogP contribution in [-0.4, -0.2) is 37.8 Å². The minimum atomic E-state index is -1.01. The lowest BCUT2D eigenvalue weighted by Crippen LogP contribution is -2.42. The van der Waals surface area contributed by atoms with Gasteiger partial charge in [-0.1, -0.05) is 6.07 Å². The van der Waals surface area contributed by atoms with Gasteiger partial charge in [-0.05, 0) is 37.0 Å². The van der Waals surface area contributed by atoms with Crippen LogP contribution in [0.1, 0.15) is 23.3 Å². The monoisotopic (exact) mass is 286 g/mol. The van der Waals surface area contributed by atoms with Gasteiger partial charge in [0.1, 0.15) is 11.7 Å². The Morgan fingerprint density at radius 3 is 2.76 bits per heavy atom. The maximum absolute atomic E-state index is 12.1. The molecule has 1 atom stereocenters. The molecule has 2 aromatic heterocycles. The molecule has 1 unspecified atom stereocenters. The molecule has 0 spiro atoms. The van der Waals surface area contributed by atoms with Gasteiger partial charge < -0.3 is 10.4 Å². The van der Waals surface area contributed by atoms with E-state index in [1.54, 1.807) is 36.7 Å². The van der Waals surface area contributed by atoms with Crippen molar-refractivity contribution in [1.29, 1.82) is 0 Å². The zero-order valence-corrected chi connectivity index (χ0v) is 11.1. The van der Waals surface area contributed by atoms with E-state index in [9.17, 15) is 9.59 Å². The van der Waals surface area contributed by atoms with Gasteiger partial charge in [-0.25, -0.2) is 14.5 Å². The third-order valence-corrected chi connectivity index (χ3v) is 3.35. The molecule has 108 valence electrons. The summed E-state index contributed by atoms with van der Waals surface area (Å²) in [4.78, 5) is 27.5. The molecular formula is C14H14N4O3. The molecule has 0 bridgehead atoms. The highest BCUT2D eigenvalue weighted by Gasteiger charge is 2.37. The molecule has 2 aromatic rings. The minimum absolute atomic E-state index is 0.0285. The van der Waals surface area contributed by atoms with Gasteiger partial charge in [0.2, 0.25) is 0 Å². The Labute approximate surface area is 120 Å². The molecule has 1 saturated carbocycles. The number of aromatic nitrogens is 3. The predicted octanol–water partition coefficient (Wildman–Crippen LogP) is 0.860. The van der Waals surface area contributed by atoms with Crippen LogP contribution in [0.2, 0.25) is 0 Å². The molecule has 0 saturated heterocycles. The highest BCUT2D eigenvalue weighted by molar-refractivity contribution is 5.95. The minimum Gasteiger partial charge on any atom is -0.480 e. The fourth-order valence-electron chi connectivity index (χ4n) is 2.11. The van der Waals surface area contributed by atoms with E-state index >= 15 is 0 Å². The molecule has 3 rings (SSSR count). The van der Waals surface area contributed by atoms with E-state index in [0.717, 1.165) is 12.8 Å². The molecule has 7 heteroatoms. The number of nitrogens with zero attached hydrogens (tertiary/aromatic N) is 3. The van der Waals surface area contributed by atoms with E-state index in [4.69, 9.17) is 5.11 Å². The first-order valence-electron chi connectivity index (χ1n) is 6.66. The molecule has 0 aliphatic heterocycles. The third-order valence-electron chi connectivity index (χ3n) is 3.35. The molecule has 1 amide bonds. The van der Waals surface area contributed by atoms with Crippen LogP contribution >= 0.6 is 0 Å². The predicted molar refractivity (Wildman–Crippen MR) is 73.0 cm³/mol. The molecule has 1 aliphatic carbocycles. The lowest BCUT2D eigenvalue weighted by molar-refractivity contribution is -0.139. The molecule has 7 nitrogen and oxygen atoms in total. The highest BCUT2D eigenvalue weighted by Crippen LogP contribution is 2.32. The number of amides is 1. The number of carboxylic acids is 1. The van der Waals surface area contributed by atoms with Crippen molar-refractivity contribution in [2.75, 3.05) is 0 Å². The van der Waals surface area contributed by atoms with Crippen LogP contribution in [0.5, 0.6) is 0 Å². The van der Waals surface area contributed by atoms with E-state index in [2.05, 4.69) is 15.4 Å². The summed E-state index contributed by atoms with van der Waals surface area (Å²) in [5, 5.41) is 15.7. The van der Waals surface area contributed by atoms with Crippen LogP contribution in [0, 0.1) is 5.92 Å². The van der Waals surface area contributed by atoms with Gasteiger partial charge in [-0.3, -0.25) is 4.79 Å². The van der Waals surface area contributed by atoms with Crippen molar-refractivity contribution in [3.05, 3.63) is 42.4 Å². The Balaban J connectivity index is 1.78. The first kappa shape index (κ1) is 13.3. The largest absolute Gasteiger partial charge is 0.480 e. The van der Waals surface area contributed by atoms with Crippen LogP contribution in [0.25, 0.3) is 5.82 Å². The second-order valence-electron chi connectivity index (χ2n) is 4.96. The number of nitrogens with one attached hydrogen (secondary N) is 1. The SMILES string of the molecule is O=C(NC(C(=O)O)C1CC1)c1cccc(-n2cccn2)n1. The lowest BCUT2D eigenvalue weighted by Gasteiger charge is -2.13. The first-order valence-corrected chi connectivity index (χ1v) is 6.66. The molecule has 1 aliphatic rings. The van der Waals surface area contributed by atoms with Gasteiger partial charge in [-0.2, -0.15) is 5.10 Å². The topological polar surface area (TPSA) is 97.1 Å². The normalized spacial score (nSPS) is 15.4. The number of rotatable bonds is 5. The molecule has 2 heterocycles. The van der Waals surface area contributed by atoms with Crippen molar-refractivity contribution in [3.63, 3.8) is 0 Å². The number of aliphatic carboxylic acids is 1. The Kier molecular flexibility index (Phi) is 3.39. The van der Waals surface area contributed by atoms with Gasteiger partial charge in [-0.15, -0.1) is 0 Å². The summed E-state index contributed by atoms with van der Waals surface area (Å²) in [5.41, 5.74) is 0.176. The van der Waals surface area contributed by atoms with Crippen LogP contribution in [-0.2, 0) is 4.79 Å². The summed E-state index contributed by atoms with van der Waals surface area (Å²) in [6, 6.07) is 5.87. The lowest BCUT2D eigenvalue weighted by atomic mass is 10.2. The van der Waals surface area contributed by atoms with Crippen molar-refractivity contribution in [2.45, 2.75) is 18.9 Å². The van der Waals surface area contributed by atoms with Crippen LogP contribution in [0.4, 0.5) is 0 Å². The molecule has 1 fully saturated rings. The molecule has 21 heavy (non-hydrogen) atoms. The Hall–Kier alpha value is -2.70. The fourth-order valence-corrected chi connectivity index (χ4v) is 2.11. The highest BCUT2D eigenvalue weighted by atomic mass is 16.4. The molecule has 2 N–H and O–H groups in total. The summed E-state index contributed by atoms with van der Waals surface area (Å²) < 4.78 is 1.53. The average Bonchev–Trinajstić information content (AvgIpc) is 3.17. The van der Waals surface area contributed by atoms with Crippen molar-refractivity contribution >= 4 is 11.9 Å². The molecule has 0 radical (unpaired) electrons. The summed E-state index contributed by atoms with van der Waals surface area (Å²) in [6.45, 7) is 0. The first-order chi connectivity index (χ1) is 10.1. The number of carbonyl (C=O) groups excluding carboxylic acids is 1. The second-order valence-corrected chi connectivity index (χ2v) is 4.96. The number of carbonyl (C=O) groups is 2. The standard InChI is InChI=1S/C14H14N4O3/c19-13(17-12(14(20)21)9-5-6-9)10-3-1-4-11(16-10)18-8-2-7-15-18/h1-4,7-9,12H,5-6H2,(H,17,19)(H,20,21). The van der Waals surface area contributed by atoms with Gasteiger partial charge in [0.05, 0.1) is 0 Å². The zero-order chi connectivity index (χ0) is 14.8. The summed E-state index contributed by atoms with van der Waals surface area (Å²) in [7, 11) is 0. The number of hydrogen-bond donors (Lipinski definition) is 2. The van der Waals surface area contributed by atoms with Crippen LogP contribution in [0.15, 0.2) is 36.7 Å². The van der Waals surface area contributed by atoms with Gasteiger partial charge in [0, 0.05) is 12.4 Å². The maximum atomic E-state index is 12.1. The quantitative estimate of drug-likeness (QED) is 0.849. The Morgan fingerprint density at radius 2 is 2.14 bits per heavy atom. The smallest absolute Gasteiger partial charge is 0.326 e. The van der Waals surface area contributed by atoms with Crippen molar-refractivity contribution in [3.8, 4) is 5.82 Å². The second kappa shape index (κ2) is 5.35. The van der Waals surface area contributed by atoms with Crippen LogP contribution < -0.4 is 5.32 Å². The van der Waals surface area contributed by atoms with E-state index in [0.29, 0.717) is 5.82 Å². The van der Waals surface area contributed by atoms with Crippen molar-refractivity contribution in [1.82, 2.24) is 20.1 Å². The summed E-state index contributed by atoms with van der Waals surface area (Å²) in [6.07, 6.45) is 4.99. The van der Waals surface area contributed by atoms with Crippen molar-refractivity contribution in [2.24, 2.45) is 5.92 Å². The van der Waals surface area contributed by atoms with E-state index in [1.807, 2.05) is 0 Å². The third kappa shape index (κ3) is 2.91. The maximum Gasteiger partial charge on any atom is 0.326 e. The van der Waals surface area contributed by atoms with Crippen LogP contribution in [0.3, 0.4) is 0 Å². The molecular weight excluding hydrogens is 272 g/mol. The van der Waals surface area contributed by atoms with Gasteiger partial charge in [0.15, 0.2) is 5.82 Å².